The van der Waals surface area contributed by atoms with Crippen molar-refractivity contribution in [3.8, 4) is 5.75 Å². The molecule has 16 heavy (non-hydrogen) atoms. The van der Waals surface area contributed by atoms with Gasteiger partial charge >= 0.3 is 0 Å². The van der Waals surface area contributed by atoms with Crippen molar-refractivity contribution >= 4 is 5.91 Å². The van der Waals surface area contributed by atoms with Crippen LogP contribution in [0.3, 0.4) is 0 Å². The van der Waals surface area contributed by atoms with E-state index in [1.54, 1.807) is 18.2 Å². The molecule has 88 valence electrons. The van der Waals surface area contributed by atoms with Gasteiger partial charge in [-0.15, -0.1) is 0 Å². The number of rotatable bonds is 5. The van der Waals surface area contributed by atoms with Crippen LogP contribution >= 0.6 is 0 Å². The lowest BCUT2D eigenvalue weighted by Crippen LogP contribution is -2.29. The van der Waals surface area contributed by atoms with Crippen molar-refractivity contribution < 1.29 is 9.90 Å². The summed E-state index contributed by atoms with van der Waals surface area (Å²) in [5.41, 5.74) is 6.10. The Kier molecular flexibility index (Phi) is 4.79. The Labute approximate surface area is 95.5 Å². The maximum atomic E-state index is 11.6. The van der Waals surface area contributed by atoms with Crippen LogP contribution in [0.25, 0.3) is 0 Å². The highest BCUT2D eigenvalue weighted by molar-refractivity contribution is 5.78. The van der Waals surface area contributed by atoms with Gasteiger partial charge in [0.15, 0.2) is 0 Å². The molecule has 0 radical (unpaired) electrons. The van der Waals surface area contributed by atoms with Crippen LogP contribution in [0.4, 0.5) is 0 Å². The maximum Gasteiger partial charge on any atom is 0.223 e. The lowest BCUT2D eigenvalue weighted by molar-refractivity contribution is -0.124. The van der Waals surface area contributed by atoms with Crippen LogP contribution in [0.5, 0.6) is 5.75 Å². The van der Waals surface area contributed by atoms with E-state index in [-0.39, 0.29) is 17.6 Å². The van der Waals surface area contributed by atoms with Gasteiger partial charge in [-0.2, -0.15) is 0 Å². The fourth-order valence-corrected chi connectivity index (χ4v) is 1.40. The van der Waals surface area contributed by atoms with Crippen LogP contribution in [0, 0.1) is 5.92 Å². The highest BCUT2D eigenvalue weighted by Gasteiger charge is 2.11. The van der Waals surface area contributed by atoms with Crippen molar-refractivity contribution in [3.63, 3.8) is 0 Å². The quantitative estimate of drug-likeness (QED) is 0.695. The summed E-state index contributed by atoms with van der Waals surface area (Å²) < 4.78 is 0. The predicted molar refractivity (Wildman–Crippen MR) is 62.8 cm³/mol. The molecule has 0 aromatic heterocycles. The van der Waals surface area contributed by atoms with Crippen molar-refractivity contribution in [2.75, 3.05) is 6.54 Å². The average molecular weight is 222 g/mol. The number of para-hydroxylation sites is 1. The molecule has 4 N–H and O–H groups in total. The van der Waals surface area contributed by atoms with Gasteiger partial charge in [0, 0.05) is 18.0 Å². The van der Waals surface area contributed by atoms with Crippen LogP contribution in [0.15, 0.2) is 24.3 Å². The molecule has 0 aliphatic carbocycles. The molecular formula is C12H18N2O2. The van der Waals surface area contributed by atoms with Crippen molar-refractivity contribution in [1.29, 1.82) is 0 Å². The number of amides is 1. The Hall–Kier alpha value is -1.55. The Morgan fingerprint density at radius 1 is 1.50 bits per heavy atom. The summed E-state index contributed by atoms with van der Waals surface area (Å²) in [7, 11) is 0. The van der Waals surface area contributed by atoms with E-state index in [2.05, 4.69) is 5.32 Å². The third kappa shape index (κ3) is 3.55. The fraction of sp³-hybridized carbons (Fsp3) is 0.417. The van der Waals surface area contributed by atoms with Gasteiger partial charge in [0.2, 0.25) is 5.91 Å². The lowest BCUT2D eigenvalue weighted by Gasteiger charge is -2.11. The molecule has 1 atom stereocenters. The zero-order chi connectivity index (χ0) is 12.0. The number of benzene rings is 1. The number of phenols is 1. The predicted octanol–water partition coefficient (Wildman–Crippen LogP) is 0.993. The Balaban J connectivity index is 2.46. The van der Waals surface area contributed by atoms with Crippen LogP contribution in [0.1, 0.15) is 18.9 Å². The van der Waals surface area contributed by atoms with Crippen molar-refractivity contribution in [2.45, 2.75) is 19.9 Å². The molecule has 1 unspecified atom stereocenters. The van der Waals surface area contributed by atoms with E-state index < -0.39 is 0 Å². The van der Waals surface area contributed by atoms with Gasteiger partial charge in [0.25, 0.3) is 0 Å². The molecule has 0 aliphatic rings. The molecule has 1 rings (SSSR count). The zero-order valence-corrected chi connectivity index (χ0v) is 9.44. The SMILES string of the molecule is CC(CCN)C(=O)NCc1ccccc1O. The minimum atomic E-state index is -0.0872. The number of hydrogen-bond donors (Lipinski definition) is 3. The van der Waals surface area contributed by atoms with Gasteiger partial charge in [-0.1, -0.05) is 25.1 Å². The summed E-state index contributed by atoms with van der Waals surface area (Å²) in [5.74, 6) is 0.0823. The highest BCUT2D eigenvalue weighted by atomic mass is 16.3. The van der Waals surface area contributed by atoms with E-state index in [4.69, 9.17) is 5.73 Å². The van der Waals surface area contributed by atoms with Gasteiger partial charge in [-0.05, 0) is 19.0 Å². The third-order valence-corrected chi connectivity index (χ3v) is 2.49. The second-order valence-corrected chi connectivity index (χ2v) is 3.82. The second-order valence-electron chi connectivity index (χ2n) is 3.82. The highest BCUT2D eigenvalue weighted by Crippen LogP contribution is 2.15. The molecule has 0 bridgehead atoms. The standard InChI is InChI=1S/C12H18N2O2/c1-9(6-7-13)12(16)14-8-10-4-2-3-5-11(10)15/h2-5,9,15H,6-8,13H2,1H3,(H,14,16). The minimum Gasteiger partial charge on any atom is -0.508 e. The van der Waals surface area contributed by atoms with Crippen molar-refractivity contribution in [1.82, 2.24) is 5.32 Å². The van der Waals surface area contributed by atoms with Gasteiger partial charge < -0.3 is 16.2 Å². The first kappa shape index (κ1) is 12.5. The topological polar surface area (TPSA) is 75.4 Å². The van der Waals surface area contributed by atoms with E-state index in [1.165, 1.54) is 0 Å². The molecule has 0 heterocycles. The van der Waals surface area contributed by atoms with Crippen LogP contribution in [-0.4, -0.2) is 17.6 Å². The van der Waals surface area contributed by atoms with E-state index in [9.17, 15) is 9.90 Å². The summed E-state index contributed by atoms with van der Waals surface area (Å²) in [6, 6.07) is 6.95. The molecule has 0 aliphatic heterocycles. The van der Waals surface area contributed by atoms with Crippen LogP contribution in [-0.2, 0) is 11.3 Å². The van der Waals surface area contributed by atoms with Crippen LogP contribution < -0.4 is 11.1 Å². The number of nitrogens with one attached hydrogen (secondary N) is 1. The Morgan fingerprint density at radius 3 is 2.81 bits per heavy atom. The number of hydrogen-bond acceptors (Lipinski definition) is 3. The summed E-state index contributed by atoms with van der Waals surface area (Å²) in [6.07, 6.45) is 0.673. The monoisotopic (exact) mass is 222 g/mol. The summed E-state index contributed by atoms with van der Waals surface area (Å²) >= 11 is 0. The smallest absolute Gasteiger partial charge is 0.223 e. The largest absolute Gasteiger partial charge is 0.508 e. The molecule has 1 amide bonds. The molecule has 0 saturated heterocycles. The summed E-state index contributed by atoms with van der Waals surface area (Å²) in [6.45, 7) is 2.69. The number of carbonyl (C=O) groups is 1. The molecule has 0 spiro atoms. The van der Waals surface area contributed by atoms with Gasteiger partial charge in [-0.25, -0.2) is 0 Å². The Morgan fingerprint density at radius 2 is 2.19 bits per heavy atom. The summed E-state index contributed by atoms with van der Waals surface area (Å²) in [4.78, 5) is 11.6. The van der Waals surface area contributed by atoms with Gasteiger partial charge in [0.1, 0.15) is 5.75 Å². The van der Waals surface area contributed by atoms with E-state index >= 15 is 0 Å². The average Bonchev–Trinajstić information content (AvgIpc) is 2.28. The van der Waals surface area contributed by atoms with E-state index in [0.717, 1.165) is 5.56 Å². The lowest BCUT2D eigenvalue weighted by atomic mass is 10.1. The number of nitrogens with two attached hydrogens (primary N) is 1. The van der Waals surface area contributed by atoms with E-state index in [0.29, 0.717) is 19.5 Å². The second kappa shape index (κ2) is 6.12. The van der Waals surface area contributed by atoms with E-state index in [1.807, 2.05) is 13.0 Å². The molecular weight excluding hydrogens is 204 g/mol. The maximum absolute atomic E-state index is 11.6. The summed E-state index contributed by atoms with van der Waals surface area (Å²) in [5, 5.41) is 12.3. The van der Waals surface area contributed by atoms with Crippen LogP contribution in [0.2, 0.25) is 0 Å². The molecule has 4 nitrogen and oxygen atoms in total. The van der Waals surface area contributed by atoms with Gasteiger partial charge in [0.05, 0.1) is 0 Å². The molecule has 0 fully saturated rings. The first-order chi connectivity index (χ1) is 7.65. The molecule has 1 aromatic carbocycles. The number of aromatic hydroxyl groups is 1. The number of phenolic OH excluding ortho intramolecular Hbond substituents is 1. The first-order valence-electron chi connectivity index (χ1n) is 5.39. The molecule has 1 aromatic rings. The van der Waals surface area contributed by atoms with Crippen molar-refractivity contribution in [3.05, 3.63) is 29.8 Å². The normalized spacial score (nSPS) is 12.1. The molecule has 4 heteroatoms. The van der Waals surface area contributed by atoms with Gasteiger partial charge in [-0.3, -0.25) is 4.79 Å². The fourth-order valence-electron chi connectivity index (χ4n) is 1.40. The Bertz CT molecular complexity index is 353. The zero-order valence-electron chi connectivity index (χ0n) is 9.44. The van der Waals surface area contributed by atoms with Crippen molar-refractivity contribution in [2.24, 2.45) is 11.7 Å². The number of carbonyl (C=O) groups excluding carboxylic acids is 1. The third-order valence-electron chi connectivity index (χ3n) is 2.49. The molecule has 0 saturated carbocycles. The minimum absolute atomic E-state index is 0.0336. The first-order valence-corrected chi connectivity index (χ1v) is 5.39.